The van der Waals surface area contributed by atoms with Crippen molar-refractivity contribution < 1.29 is 23.1 Å². The minimum absolute atomic E-state index is 0.0276. The molecule has 0 aliphatic rings. The fourth-order valence-electron chi connectivity index (χ4n) is 1.63. The molecule has 0 unspecified atom stereocenters. The smallest absolute Gasteiger partial charge is 0.387 e. The second-order valence-electron chi connectivity index (χ2n) is 4.31. The number of nitrogens with one attached hydrogen (secondary N) is 3. The molecule has 2 amide bonds. The van der Waals surface area contributed by atoms with Crippen LogP contribution in [0.2, 0.25) is 0 Å². The van der Waals surface area contributed by atoms with E-state index >= 15 is 0 Å². The summed E-state index contributed by atoms with van der Waals surface area (Å²) in [4.78, 5) is 25.8. The third kappa shape index (κ3) is 5.27. The van der Waals surface area contributed by atoms with Gasteiger partial charge in [0.05, 0.1) is 0 Å². The molecule has 0 saturated carbocycles. The second-order valence-corrected chi connectivity index (χ2v) is 4.31. The van der Waals surface area contributed by atoms with Crippen molar-refractivity contribution in [3.8, 4) is 5.75 Å². The number of alkyl halides is 2. The molecule has 0 saturated heterocycles. The number of hydrogen-bond acceptors (Lipinski definition) is 3. The lowest BCUT2D eigenvalue weighted by Crippen LogP contribution is -2.40. The summed E-state index contributed by atoms with van der Waals surface area (Å²) in [6.45, 7) is -2.88. The first-order valence-corrected chi connectivity index (χ1v) is 6.51. The quantitative estimate of drug-likeness (QED) is 0.582. The van der Waals surface area contributed by atoms with E-state index in [2.05, 4.69) is 20.6 Å². The monoisotopic (exact) mass is 321 g/mol. The average molecular weight is 321 g/mol. The lowest BCUT2D eigenvalue weighted by Gasteiger charge is -2.04. The number of benzene rings is 1. The fraction of sp³-hybridized carbons (Fsp3) is 0.0667. The van der Waals surface area contributed by atoms with Gasteiger partial charge in [-0.25, -0.2) is 0 Å². The lowest BCUT2D eigenvalue weighted by atomic mass is 10.2. The van der Waals surface area contributed by atoms with E-state index in [1.54, 1.807) is 18.3 Å². The summed E-state index contributed by atoms with van der Waals surface area (Å²) in [6, 6.07) is 8.95. The van der Waals surface area contributed by atoms with Gasteiger partial charge in [0.25, 0.3) is 11.8 Å². The van der Waals surface area contributed by atoms with Crippen molar-refractivity contribution in [3.05, 3.63) is 59.9 Å². The van der Waals surface area contributed by atoms with Gasteiger partial charge in [0, 0.05) is 12.3 Å². The Morgan fingerprint density at radius 2 is 1.87 bits per heavy atom. The van der Waals surface area contributed by atoms with Crippen LogP contribution in [0.4, 0.5) is 8.78 Å². The van der Waals surface area contributed by atoms with Crippen molar-refractivity contribution in [1.82, 2.24) is 15.8 Å². The Kier molecular flexibility index (Phi) is 5.45. The number of halogens is 2. The van der Waals surface area contributed by atoms with E-state index in [4.69, 9.17) is 0 Å². The predicted octanol–water partition coefficient (Wildman–Crippen LogP) is 2.09. The molecule has 2 aromatic rings. The molecule has 1 heterocycles. The highest BCUT2D eigenvalue weighted by Crippen LogP contribution is 2.15. The molecular formula is C15H13F2N3O3. The highest BCUT2D eigenvalue weighted by atomic mass is 19.3. The van der Waals surface area contributed by atoms with Gasteiger partial charge in [-0.3, -0.25) is 20.4 Å². The van der Waals surface area contributed by atoms with E-state index in [1.165, 1.54) is 36.4 Å². The summed E-state index contributed by atoms with van der Waals surface area (Å²) in [7, 11) is 0. The van der Waals surface area contributed by atoms with Crippen molar-refractivity contribution in [3.63, 3.8) is 0 Å². The van der Waals surface area contributed by atoms with Gasteiger partial charge >= 0.3 is 6.61 Å². The lowest BCUT2D eigenvalue weighted by molar-refractivity contribution is -0.117. The van der Waals surface area contributed by atoms with Gasteiger partial charge in [0.15, 0.2) is 0 Å². The summed E-state index contributed by atoms with van der Waals surface area (Å²) in [5.74, 6) is -0.997. The zero-order valence-corrected chi connectivity index (χ0v) is 11.8. The summed E-state index contributed by atoms with van der Waals surface area (Å²) in [5.41, 5.74) is 5.35. The van der Waals surface area contributed by atoms with E-state index in [0.717, 1.165) is 0 Å². The van der Waals surface area contributed by atoms with E-state index in [0.29, 0.717) is 11.3 Å². The molecule has 3 N–H and O–H groups in total. The Morgan fingerprint density at radius 1 is 1.13 bits per heavy atom. The van der Waals surface area contributed by atoms with E-state index in [9.17, 15) is 18.4 Å². The normalized spacial score (nSPS) is 10.7. The van der Waals surface area contributed by atoms with Gasteiger partial charge in [-0.15, -0.1) is 0 Å². The summed E-state index contributed by atoms with van der Waals surface area (Å²) in [5, 5.41) is 0. The molecular weight excluding hydrogens is 308 g/mol. The van der Waals surface area contributed by atoms with E-state index in [-0.39, 0.29) is 5.75 Å². The number of aromatic amines is 1. The topological polar surface area (TPSA) is 83.2 Å². The number of rotatable bonds is 5. The van der Waals surface area contributed by atoms with Crippen LogP contribution in [0.1, 0.15) is 16.1 Å². The highest BCUT2D eigenvalue weighted by molar-refractivity contribution is 5.96. The largest absolute Gasteiger partial charge is 0.435 e. The summed E-state index contributed by atoms with van der Waals surface area (Å²) >= 11 is 0. The Hall–Kier alpha value is -3.16. The molecule has 0 fully saturated rings. The van der Waals surface area contributed by atoms with Crippen LogP contribution in [0, 0.1) is 0 Å². The number of carbonyl (C=O) groups is 2. The van der Waals surface area contributed by atoms with Gasteiger partial charge in [-0.1, -0.05) is 12.1 Å². The molecule has 0 spiro atoms. The number of hydrogen-bond donors (Lipinski definition) is 3. The van der Waals surface area contributed by atoms with Crippen LogP contribution in [-0.2, 0) is 4.79 Å². The first-order chi connectivity index (χ1) is 11.0. The van der Waals surface area contributed by atoms with Crippen molar-refractivity contribution in [1.29, 1.82) is 0 Å². The van der Waals surface area contributed by atoms with Gasteiger partial charge in [-0.05, 0) is 35.9 Å². The Balaban J connectivity index is 1.82. The highest BCUT2D eigenvalue weighted by Gasteiger charge is 2.06. The fourth-order valence-corrected chi connectivity index (χ4v) is 1.63. The maximum absolute atomic E-state index is 12.0. The third-order valence-electron chi connectivity index (χ3n) is 2.67. The average Bonchev–Trinajstić information content (AvgIpc) is 3.06. The molecule has 120 valence electrons. The van der Waals surface area contributed by atoms with Crippen molar-refractivity contribution in [2.45, 2.75) is 6.61 Å². The standard InChI is InChI=1S/C15H13F2N3O3/c16-15(17)23-11-6-3-10(4-7-11)5-8-13(21)19-20-14(22)12-2-1-9-18-12/h1-9,15,18H,(H,19,21)(H,20,22)/b8-5+. The van der Waals surface area contributed by atoms with E-state index < -0.39 is 18.4 Å². The second kappa shape index (κ2) is 7.74. The minimum atomic E-state index is -2.88. The molecule has 0 radical (unpaired) electrons. The molecule has 23 heavy (non-hydrogen) atoms. The number of carbonyl (C=O) groups excluding carboxylic acids is 2. The number of aromatic nitrogens is 1. The molecule has 1 aromatic carbocycles. The van der Waals surface area contributed by atoms with Crippen molar-refractivity contribution >= 4 is 17.9 Å². The van der Waals surface area contributed by atoms with Crippen LogP contribution in [0.15, 0.2) is 48.7 Å². The molecule has 8 heteroatoms. The number of amides is 2. The third-order valence-corrected chi connectivity index (χ3v) is 2.67. The van der Waals surface area contributed by atoms with Gasteiger partial charge in [0.1, 0.15) is 11.4 Å². The minimum Gasteiger partial charge on any atom is -0.435 e. The zero-order valence-electron chi connectivity index (χ0n) is 11.8. The molecule has 1 aromatic heterocycles. The van der Waals surface area contributed by atoms with E-state index in [1.807, 2.05) is 0 Å². The van der Waals surface area contributed by atoms with Crippen LogP contribution in [0.3, 0.4) is 0 Å². The van der Waals surface area contributed by atoms with Gasteiger partial charge in [-0.2, -0.15) is 8.78 Å². The summed E-state index contributed by atoms with van der Waals surface area (Å²) in [6.07, 6.45) is 4.23. The summed E-state index contributed by atoms with van der Waals surface area (Å²) < 4.78 is 28.2. The molecule has 0 aliphatic carbocycles. The van der Waals surface area contributed by atoms with Crippen LogP contribution in [0.25, 0.3) is 6.08 Å². The first-order valence-electron chi connectivity index (χ1n) is 6.51. The van der Waals surface area contributed by atoms with Crippen molar-refractivity contribution in [2.75, 3.05) is 0 Å². The molecule has 0 bridgehead atoms. The molecule has 2 rings (SSSR count). The van der Waals surface area contributed by atoms with Crippen LogP contribution >= 0.6 is 0 Å². The maximum Gasteiger partial charge on any atom is 0.387 e. The Bertz CT molecular complexity index is 683. The van der Waals surface area contributed by atoms with Gasteiger partial charge in [0.2, 0.25) is 0 Å². The van der Waals surface area contributed by atoms with Gasteiger partial charge < -0.3 is 9.72 Å². The van der Waals surface area contributed by atoms with Crippen LogP contribution in [0.5, 0.6) is 5.75 Å². The zero-order chi connectivity index (χ0) is 16.7. The first kappa shape index (κ1) is 16.2. The predicted molar refractivity (Wildman–Crippen MR) is 78.5 cm³/mol. The maximum atomic E-state index is 12.0. The Labute approximate surface area is 130 Å². The van der Waals surface area contributed by atoms with Crippen LogP contribution < -0.4 is 15.6 Å². The molecule has 0 aliphatic heterocycles. The Morgan fingerprint density at radius 3 is 2.48 bits per heavy atom. The number of hydrazine groups is 1. The number of ether oxygens (including phenoxy) is 1. The number of H-pyrrole nitrogens is 1. The molecule has 0 atom stereocenters. The van der Waals surface area contributed by atoms with Crippen LogP contribution in [-0.4, -0.2) is 23.4 Å². The molecule has 6 nitrogen and oxygen atoms in total. The SMILES string of the molecule is O=C(/C=C/c1ccc(OC(F)F)cc1)NNC(=O)c1ccc[nH]1. The van der Waals surface area contributed by atoms with Crippen molar-refractivity contribution in [2.24, 2.45) is 0 Å².